The van der Waals surface area contributed by atoms with Crippen LogP contribution in [0.3, 0.4) is 0 Å². The van der Waals surface area contributed by atoms with Gasteiger partial charge in [0, 0.05) is 17.0 Å². The first-order valence-corrected chi connectivity index (χ1v) is 5.58. The summed E-state index contributed by atoms with van der Waals surface area (Å²) < 4.78 is 5.52. The number of hydrogen-bond acceptors (Lipinski definition) is 3. The number of carbonyl (C=O) groups is 1. The second kappa shape index (κ2) is 5.31. The Morgan fingerprint density at radius 1 is 1.39 bits per heavy atom. The summed E-state index contributed by atoms with van der Waals surface area (Å²) in [6.07, 6.45) is 3.80. The van der Waals surface area contributed by atoms with E-state index in [2.05, 4.69) is 11.6 Å². The summed E-state index contributed by atoms with van der Waals surface area (Å²) in [6, 6.07) is 7.18. The Kier molecular flexibility index (Phi) is 3.57. The Balaban J connectivity index is 2.47. The molecule has 0 aliphatic rings. The molecule has 0 aliphatic carbocycles. The van der Waals surface area contributed by atoms with Gasteiger partial charge in [-0.05, 0) is 12.5 Å². The molecule has 1 heterocycles. The monoisotopic (exact) mass is 243 g/mol. The number of aromatic nitrogens is 1. The molecule has 1 aromatic heterocycles. The Hall–Kier alpha value is -2.36. The van der Waals surface area contributed by atoms with E-state index in [1.54, 1.807) is 24.3 Å². The number of nitrogens with zero attached hydrogens (tertiary/aromatic N) is 1. The fourth-order valence-electron chi connectivity index (χ4n) is 1.69. The maximum absolute atomic E-state index is 11.1. The number of ether oxygens (including phenoxy) is 1. The standard InChI is InChI=1S/C14H13NO3/c1-2-3-8-18-13-11-7-5-4-6-10(11)12(9-15-13)14(16)17/h2,4-7,9H,1,3,8H2,(H,16,17). The average Bonchev–Trinajstić information content (AvgIpc) is 2.38. The minimum Gasteiger partial charge on any atom is -0.478 e. The van der Waals surface area contributed by atoms with E-state index in [9.17, 15) is 4.79 Å². The number of aromatic carboxylic acids is 1. The topological polar surface area (TPSA) is 59.4 Å². The number of fused-ring (bicyclic) bond motifs is 1. The zero-order valence-electron chi connectivity index (χ0n) is 9.80. The molecule has 0 bridgehead atoms. The molecule has 0 saturated carbocycles. The Morgan fingerprint density at radius 2 is 2.11 bits per heavy atom. The van der Waals surface area contributed by atoms with Gasteiger partial charge in [0.15, 0.2) is 0 Å². The van der Waals surface area contributed by atoms with Crippen molar-refractivity contribution in [2.75, 3.05) is 6.61 Å². The van der Waals surface area contributed by atoms with Gasteiger partial charge in [0.05, 0.1) is 12.2 Å². The van der Waals surface area contributed by atoms with Crippen LogP contribution in [-0.4, -0.2) is 22.7 Å². The highest BCUT2D eigenvalue weighted by atomic mass is 16.5. The lowest BCUT2D eigenvalue weighted by molar-refractivity contribution is 0.0698. The van der Waals surface area contributed by atoms with Crippen molar-refractivity contribution in [1.82, 2.24) is 4.98 Å². The van der Waals surface area contributed by atoms with Crippen LogP contribution in [0.5, 0.6) is 5.88 Å². The molecular formula is C14H13NO3. The van der Waals surface area contributed by atoms with Crippen molar-refractivity contribution in [3.05, 3.63) is 48.7 Å². The molecule has 0 aliphatic heterocycles. The van der Waals surface area contributed by atoms with Gasteiger partial charge in [-0.2, -0.15) is 0 Å². The Bertz CT molecular complexity index is 593. The molecule has 1 aromatic carbocycles. The number of hydrogen-bond donors (Lipinski definition) is 1. The van der Waals surface area contributed by atoms with Gasteiger partial charge in [0.2, 0.25) is 5.88 Å². The van der Waals surface area contributed by atoms with Crippen molar-refractivity contribution in [3.63, 3.8) is 0 Å². The number of carboxylic acid groups (broad SMARTS) is 1. The van der Waals surface area contributed by atoms with E-state index in [-0.39, 0.29) is 5.56 Å². The molecular weight excluding hydrogens is 230 g/mol. The van der Waals surface area contributed by atoms with Gasteiger partial charge in [-0.1, -0.05) is 24.3 Å². The van der Waals surface area contributed by atoms with Crippen molar-refractivity contribution >= 4 is 16.7 Å². The van der Waals surface area contributed by atoms with Crippen molar-refractivity contribution < 1.29 is 14.6 Å². The van der Waals surface area contributed by atoms with E-state index in [4.69, 9.17) is 9.84 Å². The maximum Gasteiger partial charge on any atom is 0.337 e. The van der Waals surface area contributed by atoms with Gasteiger partial charge in [-0.25, -0.2) is 9.78 Å². The molecule has 0 radical (unpaired) electrons. The van der Waals surface area contributed by atoms with Crippen LogP contribution in [0.1, 0.15) is 16.8 Å². The molecule has 0 spiro atoms. The average molecular weight is 243 g/mol. The van der Waals surface area contributed by atoms with Gasteiger partial charge in [0.25, 0.3) is 0 Å². The third-order valence-corrected chi connectivity index (χ3v) is 2.55. The first-order valence-electron chi connectivity index (χ1n) is 5.58. The Morgan fingerprint density at radius 3 is 2.78 bits per heavy atom. The summed E-state index contributed by atoms with van der Waals surface area (Å²) in [4.78, 5) is 15.2. The number of carboxylic acids is 1. The van der Waals surface area contributed by atoms with Gasteiger partial charge >= 0.3 is 5.97 Å². The third kappa shape index (κ3) is 2.32. The molecule has 4 nitrogen and oxygen atoms in total. The van der Waals surface area contributed by atoms with Gasteiger partial charge < -0.3 is 9.84 Å². The van der Waals surface area contributed by atoms with Crippen LogP contribution in [0.4, 0.5) is 0 Å². The smallest absolute Gasteiger partial charge is 0.337 e. The first-order chi connectivity index (χ1) is 8.74. The summed E-state index contributed by atoms with van der Waals surface area (Å²) in [6.45, 7) is 4.09. The summed E-state index contributed by atoms with van der Waals surface area (Å²) in [5, 5.41) is 10.4. The maximum atomic E-state index is 11.1. The van der Waals surface area contributed by atoms with E-state index in [0.717, 1.165) is 6.42 Å². The predicted molar refractivity (Wildman–Crippen MR) is 69.0 cm³/mol. The SMILES string of the molecule is C=CCCOc1ncc(C(=O)O)c2ccccc12. The molecule has 92 valence electrons. The van der Waals surface area contributed by atoms with Crippen molar-refractivity contribution in [1.29, 1.82) is 0 Å². The van der Waals surface area contributed by atoms with Crippen molar-refractivity contribution in [2.45, 2.75) is 6.42 Å². The van der Waals surface area contributed by atoms with Crippen LogP contribution in [-0.2, 0) is 0 Å². The molecule has 0 fully saturated rings. The number of rotatable bonds is 5. The highest BCUT2D eigenvalue weighted by Gasteiger charge is 2.12. The molecule has 4 heteroatoms. The summed E-state index contributed by atoms with van der Waals surface area (Å²) >= 11 is 0. The second-order valence-electron chi connectivity index (χ2n) is 3.75. The fraction of sp³-hybridized carbons (Fsp3) is 0.143. The van der Waals surface area contributed by atoms with E-state index in [1.165, 1.54) is 6.20 Å². The molecule has 0 saturated heterocycles. The fourth-order valence-corrected chi connectivity index (χ4v) is 1.69. The normalized spacial score (nSPS) is 10.2. The van der Waals surface area contributed by atoms with Gasteiger partial charge in [-0.3, -0.25) is 0 Å². The van der Waals surface area contributed by atoms with Gasteiger partial charge in [-0.15, -0.1) is 6.58 Å². The van der Waals surface area contributed by atoms with E-state index < -0.39 is 5.97 Å². The molecule has 0 amide bonds. The Labute approximate surface area is 105 Å². The number of pyridine rings is 1. The number of benzene rings is 1. The van der Waals surface area contributed by atoms with Gasteiger partial charge in [0.1, 0.15) is 0 Å². The van der Waals surface area contributed by atoms with E-state index in [1.807, 2.05) is 6.07 Å². The predicted octanol–water partition coefficient (Wildman–Crippen LogP) is 2.89. The molecule has 2 rings (SSSR count). The van der Waals surface area contributed by atoms with E-state index in [0.29, 0.717) is 23.3 Å². The summed E-state index contributed by atoms with van der Waals surface area (Å²) in [5.74, 6) is -0.534. The van der Waals surface area contributed by atoms with Crippen LogP contribution < -0.4 is 4.74 Å². The van der Waals surface area contributed by atoms with Crippen molar-refractivity contribution in [2.24, 2.45) is 0 Å². The molecule has 18 heavy (non-hydrogen) atoms. The van der Waals surface area contributed by atoms with Crippen LogP contribution in [0.15, 0.2) is 43.1 Å². The highest BCUT2D eigenvalue weighted by molar-refractivity contribution is 6.04. The molecule has 0 unspecified atom stereocenters. The molecule has 1 N–H and O–H groups in total. The lowest BCUT2D eigenvalue weighted by Crippen LogP contribution is -2.03. The van der Waals surface area contributed by atoms with Crippen molar-refractivity contribution in [3.8, 4) is 5.88 Å². The second-order valence-corrected chi connectivity index (χ2v) is 3.75. The molecule has 2 aromatic rings. The van der Waals surface area contributed by atoms with Crippen LogP contribution >= 0.6 is 0 Å². The summed E-state index contributed by atoms with van der Waals surface area (Å²) in [5.41, 5.74) is 0.182. The zero-order valence-corrected chi connectivity index (χ0v) is 9.80. The minimum absolute atomic E-state index is 0.182. The first kappa shape index (κ1) is 12.1. The summed E-state index contributed by atoms with van der Waals surface area (Å²) in [7, 11) is 0. The van der Waals surface area contributed by atoms with E-state index >= 15 is 0 Å². The zero-order chi connectivity index (χ0) is 13.0. The minimum atomic E-state index is -0.989. The van der Waals surface area contributed by atoms with Crippen LogP contribution in [0.25, 0.3) is 10.8 Å². The molecule has 0 atom stereocenters. The lowest BCUT2D eigenvalue weighted by Gasteiger charge is -2.08. The van der Waals surface area contributed by atoms with Crippen LogP contribution in [0.2, 0.25) is 0 Å². The highest BCUT2D eigenvalue weighted by Crippen LogP contribution is 2.26. The largest absolute Gasteiger partial charge is 0.478 e. The lowest BCUT2D eigenvalue weighted by atomic mass is 10.1. The quantitative estimate of drug-likeness (QED) is 0.648. The van der Waals surface area contributed by atoms with Crippen LogP contribution in [0, 0.1) is 0 Å². The third-order valence-electron chi connectivity index (χ3n) is 2.55.